The van der Waals surface area contributed by atoms with Crippen LogP contribution in [0.3, 0.4) is 0 Å². The summed E-state index contributed by atoms with van der Waals surface area (Å²) in [5, 5.41) is 5.88. The van der Waals surface area contributed by atoms with E-state index in [-0.39, 0.29) is 17.9 Å². The van der Waals surface area contributed by atoms with Gasteiger partial charge in [-0.1, -0.05) is 49.2 Å². The van der Waals surface area contributed by atoms with Crippen molar-refractivity contribution in [2.24, 2.45) is 7.05 Å². The van der Waals surface area contributed by atoms with Gasteiger partial charge in [-0.2, -0.15) is 5.10 Å². The monoisotopic (exact) mass is 427 g/mol. The summed E-state index contributed by atoms with van der Waals surface area (Å²) in [5.41, 5.74) is 6.40. The minimum atomic E-state index is -0.280. The Hall–Kier alpha value is -2.30. The first kappa shape index (κ1) is 20.0. The van der Waals surface area contributed by atoms with Gasteiger partial charge in [-0.3, -0.25) is 14.4 Å². The lowest BCUT2D eigenvalue weighted by Gasteiger charge is -2.30. The molecule has 0 spiro atoms. The molecule has 0 radical (unpaired) electrons. The molecule has 0 N–H and O–H groups in total. The highest BCUT2D eigenvalue weighted by atomic mass is 35.5. The Morgan fingerprint density at radius 1 is 1.00 bits per heavy atom. The zero-order valence-electron chi connectivity index (χ0n) is 17.1. The standard InChI is InChI=1S/C23H23Cl2N3O/c1-12(2)21-19-20(26-27(21)5)23(29)28(18-11-16(25)7-6-13(18)3)22(19)17-9-8-15(24)10-14(17)4/h6-12,22H,1-5H3. The number of hydrogen-bond acceptors (Lipinski definition) is 2. The van der Waals surface area contributed by atoms with Crippen LogP contribution in [0, 0.1) is 13.8 Å². The number of anilines is 1. The van der Waals surface area contributed by atoms with Crippen LogP contribution in [0.2, 0.25) is 10.0 Å². The lowest BCUT2D eigenvalue weighted by atomic mass is 9.92. The zero-order valence-corrected chi connectivity index (χ0v) is 18.6. The number of nitrogens with zero attached hydrogens (tertiary/aromatic N) is 3. The number of carbonyl (C=O) groups excluding carboxylic acids is 1. The molecule has 4 nitrogen and oxygen atoms in total. The largest absolute Gasteiger partial charge is 0.295 e. The molecule has 3 aromatic rings. The van der Waals surface area contributed by atoms with Gasteiger partial charge in [0.25, 0.3) is 5.91 Å². The van der Waals surface area contributed by atoms with Crippen molar-refractivity contribution in [1.29, 1.82) is 0 Å². The molecule has 1 atom stereocenters. The Kier molecular flexibility index (Phi) is 4.96. The van der Waals surface area contributed by atoms with Crippen molar-refractivity contribution in [1.82, 2.24) is 9.78 Å². The summed E-state index contributed by atoms with van der Waals surface area (Å²) >= 11 is 12.5. The van der Waals surface area contributed by atoms with Crippen molar-refractivity contribution in [2.45, 2.75) is 39.7 Å². The first-order chi connectivity index (χ1) is 13.7. The molecule has 1 aliphatic heterocycles. The van der Waals surface area contributed by atoms with Crippen LogP contribution in [0.1, 0.15) is 64.2 Å². The highest BCUT2D eigenvalue weighted by Crippen LogP contribution is 2.46. The number of aryl methyl sites for hydroxylation is 3. The SMILES string of the molecule is Cc1cc(Cl)ccc1C1c2c(nn(C)c2C(C)C)C(=O)N1c1cc(Cl)ccc1C. The molecule has 1 aliphatic rings. The fourth-order valence-electron chi connectivity index (χ4n) is 4.36. The first-order valence-electron chi connectivity index (χ1n) is 9.63. The van der Waals surface area contributed by atoms with Crippen molar-refractivity contribution in [3.8, 4) is 0 Å². The van der Waals surface area contributed by atoms with E-state index in [0.29, 0.717) is 15.7 Å². The van der Waals surface area contributed by atoms with Crippen LogP contribution in [0.15, 0.2) is 36.4 Å². The summed E-state index contributed by atoms with van der Waals surface area (Å²) in [4.78, 5) is 15.4. The Morgan fingerprint density at radius 2 is 1.66 bits per heavy atom. The number of benzene rings is 2. The Labute approximate surface area is 181 Å². The molecule has 0 aliphatic carbocycles. The third-order valence-corrected chi connectivity index (χ3v) is 6.06. The van der Waals surface area contributed by atoms with Crippen LogP contribution in [0.4, 0.5) is 5.69 Å². The first-order valence-corrected chi connectivity index (χ1v) is 10.4. The highest BCUT2D eigenvalue weighted by Gasteiger charge is 2.45. The van der Waals surface area contributed by atoms with Gasteiger partial charge in [0.05, 0.1) is 6.04 Å². The topological polar surface area (TPSA) is 38.1 Å². The van der Waals surface area contributed by atoms with Gasteiger partial charge < -0.3 is 0 Å². The van der Waals surface area contributed by atoms with Crippen molar-refractivity contribution in [3.63, 3.8) is 0 Å². The maximum atomic E-state index is 13.6. The Bertz CT molecular complexity index is 1130. The predicted octanol–water partition coefficient (Wildman–Crippen LogP) is 6.22. The highest BCUT2D eigenvalue weighted by molar-refractivity contribution is 6.31. The van der Waals surface area contributed by atoms with Crippen LogP contribution in [0.25, 0.3) is 0 Å². The van der Waals surface area contributed by atoms with Gasteiger partial charge in [-0.15, -0.1) is 0 Å². The normalized spacial score (nSPS) is 16.1. The number of halogens is 2. The summed E-state index contributed by atoms with van der Waals surface area (Å²) < 4.78 is 1.84. The Morgan fingerprint density at radius 3 is 2.31 bits per heavy atom. The Balaban J connectivity index is 2.03. The summed E-state index contributed by atoms with van der Waals surface area (Å²) in [5.74, 6) is 0.117. The summed E-state index contributed by atoms with van der Waals surface area (Å²) in [6, 6.07) is 11.2. The maximum Gasteiger partial charge on any atom is 0.280 e. The average Bonchev–Trinajstić information content (AvgIpc) is 3.11. The van der Waals surface area contributed by atoms with E-state index < -0.39 is 0 Å². The summed E-state index contributed by atoms with van der Waals surface area (Å²) in [6.45, 7) is 8.27. The van der Waals surface area contributed by atoms with E-state index in [1.165, 1.54) is 0 Å². The molecule has 2 aromatic carbocycles. The lowest BCUT2D eigenvalue weighted by molar-refractivity contribution is 0.0987. The van der Waals surface area contributed by atoms with Crippen molar-refractivity contribution >= 4 is 34.8 Å². The van der Waals surface area contributed by atoms with Gasteiger partial charge in [0.1, 0.15) is 0 Å². The number of hydrogen-bond donors (Lipinski definition) is 0. The van der Waals surface area contributed by atoms with Gasteiger partial charge in [0, 0.05) is 34.0 Å². The van der Waals surface area contributed by atoms with E-state index in [1.54, 1.807) is 0 Å². The van der Waals surface area contributed by atoms with Gasteiger partial charge in [-0.05, 0) is 60.7 Å². The third kappa shape index (κ3) is 3.15. The van der Waals surface area contributed by atoms with Gasteiger partial charge >= 0.3 is 0 Å². The van der Waals surface area contributed by atoms with E-state index in [2.05, 4.69) is 18.9 Å². The van der Waals surface area contributed by atoms with Crippen LogP contribution in [-0.4, -0.2) is 15.7 Å². The molecular formula is C23H23Cl2N3O. The minimum Gasteiger partial charge on any atom is -0.295 e. The van der Waals surface area contributed by atoms with Crippen LogP contribution in [-0.2, 0) is 7.05 Å². The van der Waals surface area contributed by atoms with E-state index in [0.717, 1.165) is 33.6 Å². The number of rotatable bonds is 3. The number of aromatic nitrogens is 2. The zero-order chi connectivity index (χ0) is 21.0. The van der Waals surface area contributed by atoms with E-state index in [1.807, 2.05) is 66.9 Å². The molecule has 6 heteroatoms. The molecular weight excluding hydrogens is 405 g/mol. The van der Waals surface area contributed by atoms with Gasteiger partial charge in [0.2, 0.25) is 0 Å². The number of carbonyl (C=O) groups is 1. The van der Waals surface area contributed by atoms with Gasteiger partial charge in [0.15, 0.2) is 5.69 Å². The quantitative estimate of drug-likeness (QED) is 0.497. The average molecular weight is 428 g/mol. The maximum absolute atomic E-state index is 13.6. The van der Waals surface area contributed by atoms with Crippen molar-refractivity contribution in [3.05, 3.63) is 80.1 Å². The second kappa shape index (κ2) is 7.19. The molecule has 0 fully saturated rings. The van der Waals surface area contributed by atoms with E-state index >= 15 is 0 Å². The molecule has 1 amide bonds. The minimum absolute atomic E-state index is 0.104. The fraction of sp³-hybridized carbons (Fsp3) is 0.304. The molecule has 1 unspecified atom stereocenters. The second-order valence-corrected chi connectivity index (χ2v) is 8.81. The van der Waals surface area contributed by atoms with Crippen LogP contribution < -0.4 is 4.90 Å². The van der Waals surface area contributed by atoms with Crippen LogP contribution >= 0.6 is 23.2 Å². The van der Waals surface area contributed by atoms with Crippen molar-refractivity contribution in [2.75, 3.05) is 4.90 Å². The van der Waals surface area contributed by atoms with Crippen molar-refractivity contribution < 1.29 is 4.79 Å². The second-order valence-electron chi connectivity index (χ2n) is 7.94. The molecule has 1 aromatic heterocycles. The molecule has 29 heavy (non-hydrogen) atoms. The fourth-order valence-corrected chi connectivity index (χ4v) is 4.75. The molecule has 0 bridgehead atoms. The summed E-state index contributed by atoms with van der Waals surface area (Å²) in [7, 11) is 1.90. The lowest BCUT2D eigenvalue weighted by Crippen LogP contribution is -2.31. The predicted molar refractivity (Wildman–Crippen MR) is 118 cm³/mol. The molecule has 0 saturated heterocycles. The number of fused-ring (bicyclic) bond motifs is 1. The molecule has 150 valence electrons. The summed E-state index contributed by atoms with van der Waals surface area (Å²) in [6.07, 6.45) is 0. The van der Waals surface area contributed by atoms with E-state index in [4.69, 9.17) is 23.2 Å². The molecule has 2 heterocycles. The smallest absolute Gasteiger partial charge is 0.280 e. The third-order valence-electron chi connectivity index (χ3n) is 5.59. The van der Waals surface area contributed by atoms with Crippen LogP contribution in [0.5, 0.6) is 0 Å². The number of amides is 1. The molecule has 4 rings (SSSR count). The van der Waals surface area contributed by atoms with Gasteiger partial charge in [-0.25, -0.2) is 0 Å². The molecule has 0 saturated carbocycles. The van der Waals surface area contributed by atoms with E-state index in [9.17, 15) is 4.79 Å².